The zero-order chi connectivity index (χ0) is 30.5. The van der Waals surface area contributed by atoms with Crippen molar-refractivity contribution in [3.8, 4) is 11.6 Å². The highest BCUT2D eigenvalue weighted by molar-refractivity contribution is 6.06. The number of hydrogen-bond acceptors (Lipinski definition) is 8. The summed E-state index contributed by atoms with van der Waals surface area (Å²) >= 11 is 0. The molecule has 222 valence electrons. The van der Waals surface area contributed by atoms with E-state index in [9.17, 15) is 9.59 Å². The van der Waals surface area contributed by atoms with E-state index in [1.807, 2.05) is 44.2 Å². The molecule has 10 heteroatoms. The maximum Gasteiger partial charge on any atom is 0.262 e. The van der Waals surface area contributed by atoms with Crippen LogP contribution in [0.2, 0.25) is 0 Å². The van der Waals surface area contributed by atoms with Gasteiger partial charge >= 0.3 is 0 Å². The summed E-state index contributed by atoms with van der Waals surface area (Å²) in [6, 6.07) is 20.8. The summed E-state index contributed by atoms with van der Waals surface area (Å²) in [7, 11) is 5.48. The highest BCUT2D eigenvalue weighted by Crippen LogP contribution is 2.30. The lowest BCUT2D eigenvalue weighted by molar-refractivity contribution is 0.0825. The van der Waals surface area contributed by atoms with Gasteiger partial charge in [0, 0.05) is 63.5 Å². The number of hydrogen-bond donors (Lipinski definition) is 2. The van der Waals surface area contributed by atoms with Crippen molar-refractivity contribution in [3.05, 3.63) is 95.2 Å². The lowest BCUT2D eigenvalue weighted by Crippen LogP contribution is -2.44. The minimum absolute atomic E-state index is 0.0225. The summed E-state index contributed by atoms with van der Waals surface area (Å²) in [5.74, 6) is -0.0999. The number of rotatable bonds is 8. The largest absolute Gasteiger partial charge is 0.437 e. The molecule has 5 rings (SSSR count). The number of amides is 2. The Balaban J connectivity index is 1.45. The molecule has 4 aromatic rings. The minimum atomic E-state index is -0.424. The zero-order valence-corrected chi connectivity index (χ0v) is 25.2. The number of carbonyl (C=O) groups excluding carboxylic acids is 2. The molecule has 1 saturated heterocycles. The quantitative estimate of drug-likeness (QED) is 0.289. The third-order valence-electron chi connectivity index (χ3n) is 7.44. The van der Waals surface area contributed by atoms with E-state index in [1.165, 1.54) is 11.1 Å². The Morgan fingerprint density at radius 3 is 2.21 bits per heavy atom. The van der Waals surface area contributed by atoms with Gasteiger partial charge in [-0.05, 0) is 68.4 Å². The molecular weight excluding hydrogens is 542 g/mol. The molecule has 3 aromatic carbocycles. The maximum absolute atomic E-state index is 13.6. The van der Waals surface area contributed by atoms with Crippen LogP contribution in [0.25, 0.3) is 0 Å². The number of carbonyl (C=O) groups is 2. The van der Waals surface area contributed by atoms with Gasteiger partial charge in [-0.1, -0.05) is 30.3 Å². The van der Waals surface area contributed by atoms with Gasteiger partial charge in [-0.3, -0.25) is 9.59 Å². The van der Waals surface area contributed by atoms with Crippen LogP contribution in [0.15, 0.2) is 72.9 Å². The van der Waals surface area contributed by atoms with Crippen molar-refractivity contribution in [2.75, 3.05) is 62.9 Å². The van der Waals surface area contributed by atoms with Gasteiger partial charge in [0.1, 0.15) is 11.3 Å². The fourth-order valence-electron chi connectivity index (χ4n) is 4.88. The average Bonchev–Trinajstić information content (AvgIpc) is 3.00. The lowest BCUT2D eigenvalue weighted by atomic mass is 10.1. The van der Waals surface area contributed by atoms with Crippen molar-refractivity contribution < 1.29 is 14.3 Å². The lowest BCUT2D eigenvalue weighted by Gasteiger charge is -2.34. The average molecular weight is 580 g/mol. The molecule has 1 aliphatic heterocycles. The first-order valence-corrected chi connectivity index (χ1v) is 14.2. The van der Waals surface area contributed by atoms with Crippen LogP contribution < -0.4 is 20.3 Å². The van der Waals surface area contributed by atoms with Gasteiger partial charge in [0.05, 0.1) is 5.56 Å². The van der Waals surface area contributed by atoms with Crippen LogP contribution in [-0.2, 0) is 0 Å². The minimum Gasteiger partial charge on any atom is -0.437 e. The summed E-state index contributed by atoms with van der Waals surface area (Å²) in [6.07, 6.45) is 1.43. The Morgan fingerprint density at radius 1 is 0.860 bits per heavy atom. The number of nitrogens with zero attached hydrogens (tertiary/aromatic N) is 5. The van der Waals surface area contributed by atoms with Crippen molar-refractivity contribution in [2.45, 2.75) is 13.8 Å². The third-order valence-corrected chi connectivity index (χ3v) is 7.44. The smallest absolute Gasteiger partial charge is 0.262 e. The Labute approximate surface area is 252 Å². The normalized spacial score (nSPS) is 13.4. The molecule has 0 unspecified atom stereocenters. The fraction of sp³-hybridized carbons (Fsp3) is 0.273. The summed E-state index contributed by atoms with van der Waals surface area (Å²) in [5.41, 5.74) is 4.99. The second-order valence-corrected chi connectivity index (χ2v) is 10.9. The maximum atomic E-state index is 13.6. The second kappa shape index (κ2) is 12.9. The number of piperazine rings is 1. The summed E-state index contributed by atoms with van der Waals surface area (Å²) in [6.45, 7) is 7.89. The molecule has 0 bridgehead atoms. The molecule has 1 fully saturated rings. The molecule has 43 heavy (non-hydrogen) atoms. The SMILES string of the molecule is Cc1cccc(C)c1NC(=O)c1cnc(Nc2ccc(N3CCN(C)CC3)cc2)nc1Oc1ccccc1C(=O)N(C)C. The topological polar surface area (TPSA) is 103 Å². The molecular formula is C33H37N7O3. The van der Waals surface area contributed by atoms with Crippen LogP contribution in [0.3, 0.4) is 0 Å². The van der Waals surface area contributed by atoms with E-state index in [0.29, 0.717) is 11.3 Å². The fourth-order valence-corrected chi connectivity index (χ4v) is 4.88. The van der Waals surface area contributed by atoms with E-state index in [4.69, 9.17) is 4.74 Å². The molecule has 2 N–H and O–H groups in total. The van der Waals surface area contributed by atoms with Crippen LogP contribution in [0, 0.1) is 13.8 Å². The second-order valence-electron chi connectivity index (χ2n) is 10.9. The van der Waals surface area contributed by atoms with E-state index in [2.05, 4.69) is 49.6 Å². The predicted molar refractivity (Wildman–Crippen MR) is 170 cm³/mol. The van der Waals surface area contributed by atoms with Gasteiger partial charge in [-0.15, -0.1) is 0 Å². The third kappa shape index (κ3) is 6.92. The van der Waals surface area contributed by atoms with Crippen LogP contribution in [0.5, 0.6) is 11.6 Å². The number of nitrogens with one attached hydrogen (secondary N) is 2. The standard InChI is InChI=1S/C33H37N7O3/c1-22-9-8-10-23(2)29(22)36-30(41)27-21-34-33(35-24-13-15-25(16-14-24)40-19-17-39(5)18-20-40)37-31(27)43-28-12-7-6-11-26(28)32(42)38(3)4/h6-16,21H,17-20H2,1-5H3,(H,36,41)(H,34,35,37). The number of ether oxygens (including phenoxy) is 1. The number of likely N-dealkylation sites (N-methyl/N-ethyl adjacent to an activating group) is 1. The van der Waals surface area contributed by atoms with Gasteiger partial charge in [-0.2, -0.15) is 4.98 Å². The van der Waals surface area contributed by atoms with Crippen molar-refractivity contribution in [1.82, 2.24) is 19.8 Å². The van der Waals surface area contributed by atoms with Crippen LogP contribution in [-0.4, -0.2) is 78.9 Å². The van der Waals surface area contributed by atoms with Gasteiger partial charge in [0.15, 0.2) is 0 Å². The van der Waals surface area contributed by atoms with E-state index in [1.54, 1.807) is 38.4 Å². The number of aryl methyl sites for hydroxylation is 2. The van der Waals surface area contributed by atoms with E-state index in [-0.39, 0.29) is 29.0 Å². The number of para-hydroxylation sites is 2. The molecule has 0 radical (unpaired) electrons. The number of benzene rings is 3. The van der Waals surface area contributed by atoms with Crippen LogP contribution in [0.4, 0.5) is 23.0 Å². The van der Waals surface area contributed by atoms with Crippen LogP contribution >= 0.6 is 0 Å². The highest BCUT2D eigenvalue weighted by Gasteiger charge is 2.22. The Bertz CT molecular complexity index is 1590. The molecule has 0 aliphatic carbocycles. The molecule has 2 amide bonds. The molecule has 2 heterocycles. The number of aromatic nitrogens is 2. The van der Waals surface area contributed by atoms with Crippen LogP contribution in [0.1, 0.15) is 31.8 Å². The number of anilines is 4. The molecule has 0 saturated carbocycles. The van der Waals surface area contributed by atoms with Crippen molar-refractivity contribution >= 4 is 34.8 Å². The van der Waals surface area contributed by atoms with E-state index in [0.717, 1.165) is 48.7 Å². The van der Waals surface area contributed by atoms with E-state index >= 15 is 0 Å². The van der Waals surface area contributed by atoms with Crippen molar-refractivity contribution in [2.24, 2.45) is 0 Å². The van der Waals surface area contributed by atoms with Gasteiger partial charge < -0.3 is 30.1 Å². The molecule has 10 nitrogen and oxygen atoms in total. The van der Waals surface area contributed by atoms with E-state index < -0.39 is 5.91 Å². The first-order chi connectivity index (χ1) is 20.7. The molecule has 1 aromatic heterocycles. The van der Waals surface area contributed by atoms with Gasteiger partial charge in [0.2, 0.25) is 11.8 Å². The summed E-state index contributed by atoms with van der Waals surface area (Å²) < 4.78 is 6.21. The Hall–Kier alpha value is -4.96. The summed E-state index contributed by atoms with van der Waals surface area (Å²) in [5, 5.41) is 6.20. The molecule has 0 spiro atoms. The molecule has 1 aliphatic rings. The first-order valence-electron chi connectivity index (χ1n) is 14.2. The van der Waals surface area contributed by atoms with Crippen molar-refractivity contribution in [3.63, 3.8) is 0 Å². The monoisotopic (exact) mass is 579 g/mol. The van der Waals surface area contributed by atoms with Gasteiger partial charge in [-0.25, -0.2) is 4.98 Å². The van der Waals surface area contributed by atoms with Gasteiger partial charge in [0.25, 0.3) is 11.8 Å². The summed E-state index contributed by atoms with van der Waals surface area (Å²) in [4.78, 5) is 41.6. The first kappa shape index (κ1) is 29.5. The Morgan fingerprint density at radius 2 is 1.53 bits per heavy atom. The van der Waals surface area contributed by atoms with Crippen molar-refractivity contribution in [1.29, 1.82) is 0 Å². The predicted octanol–water partition coefficient (Wildman–Crippen LogP) is 5.34. The Kier molecular flexibility index (Phi) is 8.87. The zero-order valence-electron chi connectivity index (χ0n) is 25.2. The molecule has 0 atom stereocenters. The highest BCUT2D eigenvalue weighted by atomic mass is 16.5.